The highest BCUT2D eigenvalue weighted by atomic mass is 19.1. The van der Waals surface area contributed by atoms with Crippen LogP contribution in [0.5, 0.6) is 0 Å². The standard InChI is InChI=1S/C17H19FN2O/c1-19-10-8-14-12-20(11-9-16(14)19)17(21)7-4-13-2-5-15(18)6-3-13/h2-3,5-6,8,10H,4,7,9,11-12H2,1H3. The molecule has 0 bridgehead atoms. The van der Waals surface area contributed by atoms with Crippen molar-refractivity contribution in [1.29, 1.82) is 0 Å². The van der Waals surface area contributed by atoms with E-state index >= 15 is 0 Å². The van der Waals surface area contributed by atoms with Crippen molar-refractivity contribution >= 4 is 5.91 Å². The van der Waals surface area contributed by atoms with Crippen molar-refractivity contribution in [3.63, 3.8) is 0 Å². The number of hydrogen-bond acceptors (Lipinski definition) is 1. The molecule has 2 aromatic rings. The van der Waals surface area contributed by atoms with Crippen LogP contribution in [0.1, 0.15) is 23.2 Å². The second kappa shape index (κ2) is 5.72. The molecule has 0 saturated heterocycles. The molecule has 110 valence electrons. The van der Waals surface area contributed by atoms with Gasteiger partial charge in [0.05, 0.1) is 0 Å². The molecule has 0 saturated carbocycles. The first-order chi connectivity index (χ1) is 10.1. The van der Waals surface area contributed by atoms with Crippen molar-refractivity contribution in [2.45, 2.75) is 25.8 Å². The summed E-state index contributed by atoms with van der Waals surface area (Å²) < 4.78 is 15.0. The quantitative estimate of drug-likeness (QED) is 0.851. The lowest BCUT2D eigenvalue weighted by Crippen LogP contribution is -2.36. The Morgan fingerprint density at radius 2 is 2.00 bits per heavy atom. The summed E-state index contributed by atoms with van der Waals surface area (Å²) in [6, 6.07) is 8.46. The van der Waals surface area contributed by atoms with Gasteiger partial charge in [0.25, 0.3) is 0 Å². The SMILES string of the molecule is Cn1ccc2c1CCN(C(=O)CCc1ccc(F)cc1)C2. The second-order valence-electron chi connectivity index (χ2n) is 5.59. The minimum absolute atomic E-state index is 0.175. The summed E-state index contributed by atoms with van der Waals surface area (Å²) in [6.45, 7) is 1.49. The molecule has 21 heavy (non-hydrogen) atoms. The summed E-state index contributed by atoms with van der Waals surface area (Å²) in [5, 5.41) is 0. The number of carbonyl (C=O) groups is 1. The Bertz CT molecular complexity index is 645. The molecule has 1 aliphatic rings. The Balaban J connectivity index is 1.58. The third kappa shape index (κ3) is 2.99. The lowest BCUT2D eigenvalue weighted by atomic mass is 10.1. The van der Waals surface area contributed by atoms with Crippen LogP contribution in [0.3, 0.4) is 0 Å². The molecule has 1 aliphatic heterocycles. The van der Waals surface area contributed by atoms with Gasteiger partial charge in [0.2, 0.25) is 5.91 Å². The van der Waals surface area contributed by atoms with E-state index in [9.17, 15) is 9.18 Å². The fourth-order valence-corrected chi connectivity index (χ4v) is 2.89. The van der Waals surface area contributed by atoms with E-state index in [1.54, 1.807) is 12.1 Å². The van der Waals surface area contributed by atoms with Crippen LogP contribution >= 0.6 is 0 Å². The predicted molar refractivity (Wildman–Crippen MR) is 79.3 cm³/mol. The van der Waals surface area contributed by atoms with Gasteiger partial charge in [0.1, 0.15) is 5.82 Å². The van der Waals surface area contributed by atoms with Crippen LogP contribution in [0.2, 0.25) is 0 Å². The molecule has 0 unspecified atom stereocenters. The molecule has 0 N–H and O–H groups in total. The van der Waals surface area contributed by atoms with Crippen molar-refractivity contribution < 1.29 is 9.18 Å². The summed E-state index contributed by atoms with van der Waals surface area (Å²) in [4.78, 5) is 14.2. The Labute approximate surface area is 124 Å². The van der Waals surface area contributed by atoms with Gasteiger partial charge in [-0.15, -0.1) is 0 Å². The average molecular weight is 286 g/mol. The maximum atomic E-state index is 12.8. The van der Waals surface area contributed by atoms with Crippen LogP contribution in [0.25, 0.3) is 0 Å². The van der Waals surface area contributed by atoms with E-state index < -0.39 is 0 Å². The highest BCUT2D eigenvalue weighted by molar-refractivity contribution is 5.76. The van der Waals surface area contributed by atoms with E-state index in [0.717, 1.165) is 18.5 Å². The molecule has 2 heterocycles. The molecule has 1 aromatic heterocycles. The lowest BCUT2D eigenvalue weighted by molar-refractivity contribution is -0.132. The van der Waals surface area contributed by atoms with Crippen molar-refractivity contribution in [2.75, 3.05) is 6.54 Å². The Hall–Kier alpha value is -2.10. The van der Waals surface area contributed by atoms with Gasteiger partial charge in [-0.3, -0.25) is 4.79 Å². The van der Waals surface area contributed by atoms with Gasteiger partial charge in [-0.05, 0) is 35.7 Å². The van der Waals surface area contributed by atoms with Gasteiger partial charge in [-0.2, -0.15) is 0 Å². The van der Waals surface area contributed by atoms with Crippen LogP contribution in [0, 0.1) is 5.82 Å². The number of amides is 1. The summed E-state index contributed by atoms with van der Waals surface area (Å²) in [6.07, 6.45) is 4.11. The first kappa shape index (κ1) is 13.9. The summed E-state index contributed by atoms with van der Waals surface area (Å²) in [5.41, 5.74) is 3.58. The summed E-state index contributed by atoms with van der Waals surface area (Å²) in [7, 11) is 2.05. The smallest absolute Gasteiger partial charge is 0.223 e. The van der Waals surface area contributed by atoms with Crippen molar-refractivity contribution in [3.8, 4) is 0 Å². The van der Waals surface area contributed by atoms with Crippen molar-refractivity contribution in [2.24, 2.45) is 7.05 Å². The highest BCUT2D eigenvalue weighted by Gasteiger charge is 2.21. The fraction of sp³-hybridized carbons (Fsp3) is 0.353. The molecule has 0 radical (unpaired) electrons. The lowest BCUT2D eigenvalue weighted by Gasteiger charge is -2.28. The van der Waals surface area contributed by atoms with Crippen molar-refractivity contribution in [3.05, 3.63) is 59.2 Å². The molecule has 1 aromatic carbocycles. The third-order valence-electron chi connectivity index (χ3n) is 4.17. The van der Waals surface area contributed by atoms with E-state index in [1.807, 2.05) is 11.9 Å². The number of hydrogen-bond donors (Lipinski definition) is 0. The molecule has 1 amide bonds. The van der Waals surface area contributed by atoms with Crippen LogP contribution < -0.4 is 0 Å². The predicted octanol–water partition coefficient (Wildman–Crippen LogP) is 2.68. The second-order valence-corrected chi connectivity index (χ2v) is 5.59. The molecular weight excluding hydrogens is 267 g/mol. The van der Waals surface area contributed by atoms with Crippen LogP contribution in [0.15, 0.2) is 36.5 Å². The highest BCUT2D eigenvalue weighted by Crippen LogP contribution is 2.20. The van der Waals surface area contributed by atoms with E-state index in [-0.39, 0.29) is 11.7 Å². The Kier molecular flexibility index (Phi) is 3.78. The minimum atomic E-state index is -0.238. The number of rotatable bonds is 3. The molecule has 0 fully saturated rings. The van der Waals surface area contributed by atoms with Crippen molar-refractivity contribution in [1.82, 2.24) is 9.47 Å². The monoisotopic (exact) mass is 286 g/mol. The first-order valence-electron chi connectivity index (χ1n) is 7.29. The molecule has 3 nitrogen and oxygen atoms in total. The number of aryl methyl sites for hydroxylation is 2. The first-order valence-corrected chi connectivity index (χ1v) is 7.29. The van der Waals surface area contributed by atoms with E-state index in [4.69, 9.17) is 0 Å². The number of fused-ring (bicyclic) bond motifs is 1. The molecule has 0 aliphatic carbocycles. The number of benzene rings is 1. The summed E-state index contributed by atoms with van der Waals surface area (Å²) >= 11 is 0. The van der Waals surface area contributed by atoms with Gasteiger partial charge in [-0.25, -0.2) is 4.39 Å². The fourth-order valence-electron chi connectivity index (χ4n) is 2.89. The molecular formula is C17H19FN2O. The third-order valence-corrected chi connectivity index (χ3v) is 4.17. The number of halogens is 1. The molecule has 0 atom stereocenters. The molecule has 3 rings (SSSR count). The maximum absolute atomic E-state index is 12.8. The van der Waals surface area contributed by atoms with Gasteiger partial charge in [0.15, 0.2) is 0 Å². The largest absolute Gasteiger partial charge is 0.354 e. The zero-order chi connectivity index (χ0) is 14.8. The summed E-state index contributed by atoms with van der Waals surface area (Å²) in [5.74, 6) is -0.0634. The Morgan fingerprint density at radius 3 is 2.76 bits per heavy atom. The average Bonchev–Trinajstić information content (AvgIpc) is 2.87. The van der Waals surface area contributed by atoms with Gasteiger partial charge in [0, 0.05) is 44.9 Å². The molecule has 4 heteroatoms. The topological polar surface area (TPSA) is 25.2 Å². The van der Waals surface area contributed by atoms with Gasteiger partial charge in [-0.1, -0.05) is 12.1 Å². The number of nitrogens with zero attached hydrogens (tertiary/aromatic N) is 2. The van der Waals surface area contributed by atoms with E-state index in [0.29, 0.717) is 19.4 Å². The zero-order valence-corrected chi connectivity index (χ0v) is 12.2. The van der Waals surface area contributed by atoms with Crippen LogP contribution in [-0.2, 0) is 31.2 Å². The van der Waals surface area contributed by atoms with E-state index in [1.165, 1.54) is 23.4 Å². The van der Waals surface area contributed by atoms with Crippen LogP contribution in [0.4, 0.5) is 4.39 Å². The number of carbonyl (C=O) groups excluding carboxylic acids is 1. The Morgan fingerprint density at radius 1 is 1.24 bits per heavy atom. The van der Waals surface area contributed by atoms with Gasteiger partial charge < -0.3 is 9.47 Å². The van der Waals surface area contributed by atoms with E-state index in [2.05, 4.69) is 16.8 Å². The zero-order valence-electron chi connectivity index (χ0n) is 12.2. The molecule has 0 spiro atoms. The normalized spacial score (nSPS) is 14.1. The van der Waals surface area contributed by atoms with Gasteiger partial charge >= 0.3 is 0 Å². The minimum Gasteiger partial charge on any atom is -0.354 e. The van der Waals surface area contributed by atoms with Crippen LogP contribution in [-0.4, -0.2) is 21.9 Å². The number of aromatic nitrogens is 1. The maximum Gasteiger partial charge on any atom is 0.223 e.